The molecule has 0 unspecified atom stereocenters. The van der Waals surface area contributed by atoms with Crippen molar-refractivity contribution in [1.82, 2.24) is 0 Å². The van der Waals surface area contributed by atoms with Crippen LogP contribution >= 0.6 is 0 Å². The van der Waals surface area contributed by atoms with Gasteiger partial charge < -0.3 is 25.0 Å². The molecule has 0 fully saturated rings. The summed E-state index contributed by atoms with van der Waals surface area (Å²) >= 11 is 0. The van der Waals surface area contributed by atoms with Crippen LogP contribution in [0.15, 0.2) is 42.5 Å². The molecule has 3 amide bonds. The highest BCUT2D eigenvalue weighted by Gasteiger charge is 2.37. The van der Waals surface area contributed by atoms with Crippen molar-refractivity contribution in [2.24, 2.45) is 11.3 Å². The summed E-state index contributed by atoms with van der Waals surface area (Å²) in [5.41, 5.74) is 1.28. The van der Waals surface area contributed by atoms with Crippen LogP contribution in [0.4, 0.5) is 21.9 Å². The molecular weight excluding hydrogens is 406 g/mol. The number of carbonyl (C=O) groups is 2. The first-order valence-corrected chi connectivity index (χ1v) is 11.1. The zero-order valence-electron chi connectivity index (χ0n) is 19.5. The minimum absolute atomic E-state index is 0.0212. The molecule has 0 spiro atoms. The zero-order valence-corrected chi connectivity index (χ0v) is 19.5. The summed E-state index contributed by atoms with van der Waals surface area (Å²) in [5.74, 6) is 1.87. The van der Waals surface area contributed by atoms with Crippen molar-refractivity contribution in [3.63, 3.8) is 0 Å². The third-order valence-corrected chi connectivity index (χ3v) is 5.27. The van der Waals surface area contributed by atoms with E-state index in [4.69, 9.17) is 9.47 Å². The van der Waals surface area contributed by atoms with Gasteiger partial charge in [-0.25, -0.2) is 4.79 Å². The van der Waals surface area contributed by atoms with Gasteiger partial charge in [0.25, 0.3) is 0 Å². The Balaban J connectivity index is 1.77. The quantitative estimate of drug-likeness (QED) is 0.595. The Morgan fingerprint density at radius 3 is 2.44 bits per heavy atom. The van der Waals surface area contributed by atoms with E-state index in [1.807, 2.05) is 20.8 Å². The molecule has 0 atom stereocenters. The lowest BCUT2D eigenvalue weighted by atomic mass is 9.92. The number of hydrogen-bond acceptors (Lipinski definition) is 4. The van der Waals surface area contributed by atoms with Gasteiger partial charge in [-0.1, -0.05) is 13.8 Å². The molecule has 1 aliphatic rings. The second-order valence-corrected chi connectivity index (χ2v) is 9.03. The summed E-state index contributed by atoms with van der Waals surface area (Å²) in [6, 6.07) is 12.2. The van der Waals surface area contributed by atoms with E-state index in [-0.39, 0.29) is 11.9 Å². The summed E-state index contributed by atoms with van der Waals surface area (Å²) in [6.45, 7) is 11.5. The predicted octanol–water partition coefficient (Wildman–Crippen LogP) is 5.53. The maximum Gasteiger partial charge on any atom is 0.323 e. The van der Waals surface area contributed by atoms with Crippen molar-refractivity contribution < 1.29 is 19.1 Å². The van der Waals surface area contributed by atoms with E-state index in [0.717, 1.165) is 12.2 Å². The number of hydrogen-bond donors (Lipinski definition) is 2. The summed E-state index contributed by atoms with van der Waals surface area (Å²) in [4.78, 5) is 27.5. The third-order valence-electron chi connectivity index (χ3n) is 5.27. The van der Waals surface area contributed by atoms with E-state index in [0.29, 0.717) is 48.5 Å². The zero-order chi connectivity index (χ0) is 23.3. The first-order chi connectivity index (χ1) is 15.2. The molecule has 0 saturated carbocycles. The number of anilines is 3. The molecule has 0 aliphatic carbocycles. The molecule has 0 radical (unpaired) electrons. The average Bonchev–Trinajstić information content (AvgIpc) is 2.83. The van der Waals surface area contributed by atoms with E-state index >= 15 is 0 Å². The lowest BCUT2D eigenvalue weighted by Crippen LogP contribution is -2.42. The highest BCUT2D eigenvalue weighted by atomic mass is 16.5. The lowest BCUT2D eigenvalue weighted by molar-refractivity contribution is -0.127. The smallest absolute Gasteiger partial charge is 0.323 e. The van der Waals surface area contributed by atoms with Crippen molar-refractivity contribution in [3.05, 3.63) is 42.5 Å². The fraction of sp³-hybridized carbons (Fsp3) is 0.440. The summed E-state index contributed by atoms with van der Waals surface area (Å²) in [5, 5.41) is 5.65. The largest absolute Gasteiger partial charge is 0.494 e. The molecule has 172 valence electrons. The molecule has 2 N–H and O–H groups in total. The number of fused-ring (bicyclic) bond motifs is 1. The number of urea groups is 1. The van der Waals surface area contributed by atoms with E-state index in [1.54, 1.807) is 47.4 Å². The minimum Gasteiger partial charge on any atom is -0.494 e. The number of nitrogens with one attached hydrogen (secondary N) is 2. The summed E-state index contributed by atoms with van der Waals surface area (Å²) in [7, 11) is 0. The molecule has 2 aromatic rings. The second kappa shape index (κ2) is 9.94. The van der Waals surface area contributed by atoms with Gasteiger partial charge >= 0.3 is 6.03 Å². The van der Waals surface area contributed by atoms with Crippen LogP contribution < -0.4 is 25.0 Å². The van der Waals surface area contributed by atoms with E-state index in [1.165, 1.54) is 0 Å². The molecule has 1 heterocycles. The Labute approximate surface area is 190 Å². The highest BCUT2D eigenvalue weighted by Crippen LogP contribution is 2.38. The first-order valence-electron chi connectivity index (χ1n) is 11.1. The topological polar surface area (TPSA) is 79.9 Å². The molecule has 7 heteroatoms. The second-order valence-electron chi connectivity index (χ2n) is 9.03. The molecule has 0 saturated heterocycles. The molecule has 3 rings (SSSR count). The Bertz CT molecular complexity index is 954. The third kappa shape index (κ3) is 5.72. The average molecular weight is 440 g/mol. The van der Waals surface area contributed by atoms with Gasteiger partial charge in [0, 0.05) is 17.9 Å². The molecular formula is C25H33N3O4. The van der Waals surface area contributed by atoms with Crippen LogP contribution in [0.1, 0.15) is 41.0 Å². The van der Waals surface area contributed by atoms with Crippen LogP contribution in [-0.4, -0.2) is 31.7 Å². The van der Waals surface area contributed by atoms with Crippen LogP contribution in [0.2, 0.25) is 0 Å². The Morgan fingerprint density at radius 1 is 1.12 bits per heavy atom. The van der Waals surface area contributed by atoms with Gasteiger partial charge in [-0.2, -0.15) is 0 Å². The minimum atomic E-state index is -0.630. The van der Waals surface area contributed by atoms with Gasteiger partial charge in [0.2, 0.25) is 5.91 Å². The number of benzene rings is 2. The van der Waals surface area contributed by atoms with Gasteiger partial charge in [0.05, 0.1) is 17.7 Å². The molecule has 0 bridgehead atoms. The molecule has 0 aromatic heterocycles. The van der Waals surface area contributed by atoms with Crippen LogP contribution in [0.25, 0.3) is 0 Å². The SMILES string of the molecule is CCOc1ccc(NC(=O)Nc2ccc3c(c2)N(CCC(C)C)C(=O)C(C)(C)CO3)cc1. The highest BCUT2D eigenvalue weighted by molar-refractivity contribution is 6.02. The summed E-state index contributed by atoms with van der Waals surface area (Å²) < 4.78 is 11.4. The fourth-order valence-electron chi connectivity index (χ4n) is 3.43. The maximum absolute atomic E-state index is 13.2. The predicted molar refractivity (Wildman–Crippen MR) is 128 cm³/mol. The van der Waals surface area contributed by atoms with Gasteiger partial charge in [-0.05, 0) is 75.6 Å². The van der Waals surface area contributed by atoms with E-state index in [9.17, 15) is 9.59 Å². The Kier molecular flexibility index (Phi) is 7.28. The Morgan fingerprint density at radius 2 is 1.78 bits per heavy atom. The van der Waals surface area contributed by atoms with Gasteiger partial charge in [-0.3, -0.25) is 4.79 Å². The Hall–Kier alpha value is -3.22. The van der Waals surface area contributed by atoms with E-state index < -0.39 is 5.41 Å². The maximum atomic E-state index is 13.2. The monoisotopic (exact) mass is 439 g/mol. The molecule has 32 heavy (non-hydrogen) atoms. The normalized spacial score (nSPS) is 14.9. The molecule has 2 aromatic carbocycles. The number of amides is 3. The van der Waals surface area contributed by atoms with Crippen LogP contribution in [0, 0.1) is 11.3 Å². The first kappa shape index (κ1) is 23.4. The fourth-order valence-corrected chi connectivity index (χ4v) is 3.43. The number of ether oxygens (including phenoxy) is 2. The van der Waals surface area contributed by atoms with Gasteiger partial charge in [0.1, 0.15) is 18.1 Å². The van der Waals surface area contributed by atoms with Crippen LogP contribution in [-0.2, 0) is 4.79 Å². The van der Waals surface area contributed by atoms with Gasteiger partial charge in [0.15, 0.2) is 0 Å². The van der Waals surface area contributed by atoms with Crippen molar-refractivity contribution in [2.75, 3.05) is 35.3 Å². The molecule has 1 aliphatic heterocycles. The standard InChI is InChI=1S/C25H33N3O4/c1-6-31-20-10-7-18(8-11-20)26-24(30)27-19-9-12-22-21(15-19)28(14-13-17(2)3)23(29)25(4,5)16-32-22/h7-12,15,17H,6,13-14,16H2,1-5H3,(H2,26,27,30). The lowest BCUT2D eigenvalue weighted by Gasteiger charge is -2.28. The van der Waals surface area contributed by atoms with Crippen molar-refractivity contribution >= 4 is 29.0 Å². The van der Waals surface area contributed by atoms with Crippen LogP contribution in [0.3, 0.4) is 0 Å². The van der Waals surface area contributed by atoms with E-state index in [2.05, 4.69) is 24.5 Å². The van der Waals surface area contributed by atoms with Crippen molar-refractivity contribution in [3.8, 4) is 11.5 Å². The van der Waals surface area contributed by atoms with Crippen molar-refractivity contribution in [1.29, 1.82) is 0 Å². The summed E-state index contributed by atoms with van der Waals surface area (Å²) in [6.07, 6.45) is 0.872. The van der Waals surface area contributed by atoms with Crippen molar-refractivity contribution in [2.45, 2.75) is 41.0 Å². The number of nitrogens with zero attached hydrogens (tertiary/aromatic N) is 1. The molecule has 7 nitrogen and oxygen atoms in total. The van der Waals surface area contributed by atoms with Crippen LogP contribution in [0.5, 0.6) is 11.5 Å². The van der Waals surface area contributed by atoms with Gasteiger partial charge in [-0.15, -0.1) is 0 Å². The number of carbonyl (C=O) groups excluding carboxylic acids is 2. The number of rotatable bonds is 7.